The van der Waals surface area contributed by atoms with Crippen LogP contribution in [0.15, 0.2) is 29.2 Å². The van der Waals surface area contributed by atoms with Gasteiger partial charge in [0.2, 0.25) is 10.0 Å². The van der Waals surface area contributed by atoms with Crippen molar-refractivity contribution in [1.29, 1.82) is 0 Å². The molecular weight excluding hydrogens is 282 g/mol. The van der Waals surface area contributed by atoms with Crippen molar-refractivity contribution in [2.75, 3.05) is 13.1 Å². The summed E-state index contributed by atoms with van der Waals surface area (Å²) in [5.41, 5.74) is 0.0292. The first-order valence-corrected chi connectivity index (χ1v) is 7.74. The molecule has 0 fully saturated rings. The van der Waals surface area contributed by atoms with Gasteiger partial charge in [-0.05, 0) is 37.6 Å². The molecule has 6 nitrogen and oxygen atoms in total. The van der Waals surface area contributed by atoms with Crippen molar-refractivity contribution < 1.29 is 23.4 Å². The summed E-state index contributed by atoms with van der Waals surface area (Å²) < 4.78 is 26.0. The van der Waals surface area contributed by atoms with E-state index >= 15 is 0 Å². The maximum absolute atomic E-state index is 12.4. The van der Waals surface area contributed by atoms with Crippen LogP contribution in [-0.4, -0.2) is 48.1 Å². The third-order valence-electron chi connectivity index (χ3n) is 2.68. The summed E-state index contributed by atoms with van der Waals surface area (Å²) >= 11 is 0. The predicted molar refractivity (Wildman–Crippen MR) is 74.1 cm³/mol. The summed E-state index contributed by atoms with van der Waals surface area (Å²) in [5, 5.41) is 18.2. The molecule has 0 spiro atoms. The van der Waals surface area contributed by atoms with Crippen LogP contribution in [0.1, 0.15) is 30.6 Å². The van der Waals surface area contributed by atoms with Gasteiger partial charge in [-0.1, -0.05) is 6.92 Å². The van der Waals surface area contributed by atoms with Gasteiger partial charge in [-0.25, -0.2) is 13.2 Å². The van der Waals surface area contributed by atoms with E-state index in [0.29, 0.717) is 13.0 Å². The summed E-state index contributed by atoms with van der Waals surface area (Å²) in [5.74, 6) is -1.11. The number of carboxylic acid groups (broad SMARTS) is 1. The number of benzene rings is 1. The van der Waals surface area contributed by atoms with E-state index in [1.165, 1.54) is 35.5 Å². The third-order valence-corrected chi connectivity index (χ3v) is 4.56. The van der Waals surface area contributed by atoms with Crippen molar-refractivity contribution in [3.05, 3.63) is 29.8 Å². The number of rotatable bonds is 7. The Morgan fingerprint density at radius 3 is 2.25 bits per heavy atom. The van der Waals surface area contributed by atoms with Gasteiger partial charge in [-0.2, -0.15) is 4.31 Å². The number of nitrogens with zero attached hydrogens (tertiary/aromatic N) is 1. The van der Waals surface area contributed by atoms with Crippen LogP contribution in [-0.2, 0) is 10.0 Å². The second kappa shape index (κ2) is 6.83. The molecule has 0 aliphatic heterocycles. The number of hydrogen-bond donors (Lipinski definition) is 2. The molecule has 0 saturated carbocycles. The first-order chi connectivity index (χ1) is 9.28. The largest absolute Gasteiger partial charge is 0.478 e. The minimum Gasteiger partial charge on any atom is -0.478 e. The lowest BCUT2D eigenvalue weighted by atomic mass is 10.2. The highest BCUT2D eigenvalue weighted by Crippen LogP contribution is 2.17. The quantitative estimate of drug-likeness (QED) is 0.788. The fourth-order valence-electron chi connectivity index (χ4n) is 1.77. The van der Waals surface area contributed by atoms with Crippen LogP contribution in [0.4, 0.5) is 0 Å². The van der Waals surface area contributed by atoms with Crippen molar-refractivity contribution in [1.82, 2.24) is 4.31 Å². The van der Waals surface area contributed by atoms with Crippen LogP contribution in [0.5, 0.6) is 0 Å². The molecule has 0 heterocycles. The Morgan fingerprint density at radius 2 is 1.85 bits per heavy atom. The van der Waals surface area contributed by atoms with Crippen molar-refractivity contribution >= 4 is 16.0 Å². The Morgan fingerprint density at radius 1 is 1.30 bits per heavy atom. The number of aliphatic hydroxyl groups is 1. The lowest BCUT2D eigenvalue weighted by Gasteiger charge is -2.23. The Bertz CT molecular complexity index is 551. The zero-order chi connectivity index (χ0) is 15.3. The van der Waals surface area contributed by atoms with Crippen molar-refractivity contribution in [3.63, 3.8) is 0 Å². The normalized spacial score (nSPS) is 13.4. The highest BCUT2D eigenvalue weighted by atomic mass is 32.2. The summed E-state index contributed by atoms with van der Waals surface area (Å²) in [7, 11) is -3.72. The molecule has 0 aromatic heterocycles. The molecule has 1 aromatic carbocycles. The molecule has 7 heteroatoms. The second-order valence-electron chi connectivity index (χ2n) is 4.54. The molecule has 0 saturated heterocycles. The molecule has 0 amide bonds. The van der Waals surface area contributed by atoms with Crippen molar-refractivity contribution in [2.45, 2.75) is 31.3 Å². The molecule has 0 aliphatic rings. The molecular formula is C13H19NO5S. The van der Waals surface area contributed by atoms with Gasteiger partial charge in [-0.3, -0.25) is 0 Å². The third kappa shape index (κ3) is 4.03. The molecule has 2 N–H and O–H groups in total. The van der Waals surface area contributed by atoms with Gasteiger partial charge in [0.15, 0.2) is 0 Å². The summed E-state index contributed by atoms with van der Waals surface area (Å²) in [4.78, 5) is 10.8. The van der Waals surface area contributed by atoms with Crippen molar-refractivity contribution in [2.24, 2.45) is 0 Å². The Kier molecular flexibility index (Phi) is 5.67. The van der Waals surface area contributed by atoms with E-state index in [1.807, 2.05) is 6.92 Å². The summed E-state index contributed by atoms with van der Waals surface area (Å²) in [6, 6.07) is 5.04. The molecule has 20 heavy (non-hydrogen) atoms. The van der Waals surface area contributed by atoms with Gasteiger partial charge in [0.25, 0.3) is 0 Å². The summed E-state index contributed by atoms with van der Waals surface area (Å²) in [6.07, 6.45) is -0.145. The second-order valence-corrected chi connectivity index (χ2v) is 6.48. The van der Waals surface area contributed by atoms with E-state index < -0.39 is 22.1 Å². The number of carboxylic acids is 1. The average Bonchev–Trinajstić information content (AvgIpc) is 2.37. The lowest BCUT2D eigenvalue weighted by molar-refractivity contribution is 0.0696. The van der Waals surface area contributed by atoms with Crippen molar-refractivity contribution in [3.8, 4) is 0 Å². The predicted octanol–water partition coefficient (Wildman–Crippen LogP) is 1.17. The van der Waals surface area contributed by atoms with E-state index in [4.69, 9.17) is 5.11 Å². The van der Waals surface area contributed by atoms with E-state index in [2.05, 4.69) is 0 Å². The van der Waals surface area contributed by atoms with Crippen LogP contribution in [0.3, 0.4) is 0 Å². The van der Waals surface area contributed by atoms with Crippen LogP contribution < -0.4 is 0 Å². The monoisotopic (exact) mass is 301 g/mol. The molecule has 1 aromatic rings. The Labute approximate surface area is 118 Å². The number of aromatic carboxylic acids is 1. The Balaban J connectivity index is 3.08. The van der Waals surface area contributed by atoms with Crippen LogP contribution in [0.25, 0.3) is 0 Å². The lowest BCUT2D eigenvalue weighted by Crippen LogP contribution is -2.37. The highest BCUT2D eigenvalue weighted by molar-refractivity contribution is 7.89. The maximum atomic E-state index is 12.4. The van der Waals surface area contributed by atoms with E-state index in [9.17, 15) is 18.3 Å². The van der Waals surface area contributed by atoms with Crippen LogP contribution >= 0.6 is 0 Å². The average molecular weight is 301 g/mol. The van der Waals surface area contributed by atoms with Crippen LogP contribution in [0, 0.1) is 0 Å². The van der Waals surface area contributed by atoms with E-state index in [0.717, 1.165) is 0 Å². The van der Waals surface area contributed by atoms with Gasteiger partial charge in [0.1, 0.15) is 0 Å². The molecule has 0 aliphatic carbocycles. The molecule has 1 rings (SSSR count). The van der Waals surface area contributed by atoms with Gasteiger partial charge < -0.3 is 10.2 Å². The first kappa shape index (κ1) is 16.6. The van der Waals surface area contributed by atoms with Crippen LogP contribution in [0.2, 0.25) is 0 Å². The Hall–Kier alpha value is -1.44. The molecule has 112 valence electrons. The molecule has 1 atom stereocenters. The SMILES string of the molecule is CCCN(CC(C)O)S(=O)(=O)c1ccc(C(=O)O)cc1. The van der Waals surface area contributed by atoms with E-state index in [1.54, 1.807) is 0 Å². The molecule has 0 radical (unpaired) electrons. The molecule has 1 unspecified atom stereocenters. The topological polar surface area (TPSA) is 94.9 Å². The molecule has 0 bridgehead atoms. The minimum atomic E-state index is -3.72. The smallest absolute Gasteiger partial charge is 0.335 e. The number of hydrogen-bond acceptors (Lipinski definition) is 4. The summed E-state index contributed by atoms with van der Waals surface area (Å²) in [6.45, 7) is 3.68. The number of sulfonamides is 1. The fraction of sp³-hybridized carbons (Fsp3) is 0.462. The van der Waals surface area contributed by atoms with Gasteiger partial charge in [0.05, 0.1) is 16.6 Å². The number of aliphatic hydroxyl groups excluding tert-OH is 1. The van der Waals surface area contributed by atoms with Gasteiger partial charge in [0, 0.05) is 13.1 Å². The zero-order valence-electron chi connectivity index (χ0n) is 11.5. The minimum absolute atomic E-state index is 0.0108. The van der Waals surface area contributed by atoms with Gasteiger partial charge >= 0.3 is 5.97 Å². The first-order valence-electron chi connectivity index (χ1n) is 6.30. The zero-order valence-corrected chi connectivity index (χ0v) is 12.3. The standard InChI is InChI=1S/C13H19NO5S/c1-3-8-14(9-10(2)15)20(18,19)12-6-4-11(5-7-12)13(16)17/h4-7,10,15H,3,8-9H2,1-2H3,(H,16,17). The number of carbonyl (C=O) groups is 1. The van der Waals surface area contributed by atoms with Gasteiger partial charge in [-0.15, -0.1) is 0 Å². The fourth-order valence-corrected chi connectivity index (χ4v) is 3.39. The maximum Gasteiger partial charge on any atom is 0.335 e. The van der Waals surface area contributed by atoms with E-state index in [-0.39, 0.29) is 17.0 Å². The highest BCUT2D eigenvalue weighted by Gasteiger charge is 2.25.